The maximum absolute atomic E-state index is 10.6. The highest BCUT2D eigenvalue weighted by Gasteiger charge is 2.41. The van der Waals surface area contributed by atoms with Gasteiger partial charge in [-0.25, -0.2) is 23.1 Å². The number of ether oxygens (including phenoxy) is 2. The highest BCUT2D eigenvalue weighted by Crippen LogP contribution is 2.41. The van der Waals surface area contributed by atoms with Gasteiger partial charge in [-0.15, -0.1) is 0 Å². The summed E-state index contributed by atoms with van der Waals surface area (Å²) < 4.78 is 16.1. The van der Waals surface area contributed by atoms with Gasteiger partial charge in [0, 0.05) is 110 Å². The summed E-state index contributed by atoms with van der Waals surface area (Å²) >= 11 is 0. The van der Waals surface area contributed by atoms with E-state index in [9.17, 15) is 10.2 Å². The summed E-state index contributed by atoms with van der Waals surface area (Å²) in [6, 6.07) is 34.5. The van der Waals surface area contributed by atoms with E-state index < -0.39 is 27.6 Å². The first-order chi connectivity index (χ1) is 37.4. The Labute approximate surface area is 460 Å². The van der Waals surface area contributed by atoms with Gasteiger partial charge in [-0.05, 0) is 49.9 Å². The number of hydrogen-bond acceptors (Lipinski definition) is 12. The van der Waals surface area contributed by atoms with E-state index in [1.165, 1.54) is 0 Å². The van der Waals surface area contributed by atoms with Gasteiger partial charge in [0.2, 0.25) is 0 Å². The fourth-order valence-corrected chi connectivity index (χ4v) is 11.5. The van der Waals surface area contributed by atoms with Crippen LogP contribution in [0.4, 0.5) is 11.6 Å². The third-order valence-electron chi connectivity index (χ3n) is 14.9. The maximum Gasteiger partial charge on any atom is 0.334 e. The molecule has 2 fully saturated rings. The van der Waals surface area contributed by atoms with Crippen molar-refractivity contribution in [3.05, 3.63) is 156 Å². The Bertz CT molecular complexity index is 3350. The quantitative estimate of drug-likeness (QED) is 0.0340. The molecule has 2 aliphatic rings. The molecule has 8 aromatic rings. The molecule has 4 N–H and O–H groups in total. The second kappa shape index (κ2) is 23.8. The standard InChI is InChI=1S/C36H50N6O3Si2.C24H22N6O/c1-37-36(43)17-15-29(16-18-36)33-23-34(41(26-44-19-21-46(2,3)4)27-45-20-22-47(5,6)7)42-35(40-33)31(25-39-42)30-13-14-32(38-24-30)28-11-9-8-10-12-28;1-26-24(31)11-9-17(10-12-24)21-13-22(25)30-23(29-21)19(15-28-30)18-7-8-20(27-14-18)16-5-3-2-4-6-16/h8-14,23-25,29,43H,15-22,26-27H2,2-7H3;2-8,13-15,17,31H,9-12,25H2. The predicted molar refractivity (Wildman–Crippen MR) is 314 cm³/mol. The van der Waals surface area contributed by atoms with Crippen molar-refractivity contribution in [2.45, 2.75) is 126 Å². The van der Waals surface area contributed by atoms with E-state index in [0.29, 0.717) is 89.5 Å². The molecule has 10 rings (SSSR count). The Balaban J connectivity index is 0.000000206. The molecule has 0 aliphatic heterocycles. The van der Waals surface area contributed by atoms with Crippen molar-refractivity contribution in [2.24, 2.45) is 0 Å². The average Bonchev–Trinajstić information content (AvgIpc) is 4.14. The maximum atomic E-state index is 10.6. The molecule has 0 amide bonds. The summed E-state index contributed by atoms with van der Waals surface area (Å²) in [4.78, 5) is 28.5. The zero-order chi connectivity index (χ0) is 55.1. The molecule has 0 atom stereocenters. The van der Waals surface area contributed by atoms with Crippen LogP contribution < -0.4 is 10.6 Å². The monoisotopic (exact) mass is 1080 g/mol. The van der Waals surface area contributed by atoms with Crippen molar-refractivity contribution < 1.29 is 19.7 Å². The van der Waals surface area contributed by atoms with Crippen molar-refractivity contribution >= 4 is 39.1 Å². The summed E-state index contributed by atoms with van der Waals surface area (Å²) in [7, 11) is -2.51. The van der Waals surface area contributed by atoms with Crippen molar-refractivity contribution in [2.75, 3.05) is 37.3 Å². The molecule has 6 heterocycles. The van der Waals surface area contributed by atoms with Gasteiger partial charge in [0.15, 0.2) is 11.3 Å². The normalized spacial score (nSPS) is 19.7. The summed E-state index contributed by atoms with van der Waals surface area (Å²) in [6.07, 6.45) is 11.9. The SMILES string of the molecule is [C-]#[N+]C1(O)CCC(c2cc(N(COCC[Si](C)(C)C)COCC[Si](C)(C)C)n3ncc(-c4ccc(-c5ccccc5)nc4)c3n2)CC1.[C-]#[N+]C1(O)CCC(c2cc(N)n3ncc(-c4ccc(-c5ccccc5)nc4)c3n2)CC1. The van der Waals surface area contributed by atoms with E-state index >= 15 is 0 Å². The second-order valence-electron chi connectivity index (χ2n) is 23.3. The number of anilines is 2. The van der Waals surface area contributed by atoms with E-state index in [-0.39, 0.29) is 11.8 Å². The van der Waals surface area contributed by atoms with Gasteiger partial charge in [-0.2, -0.15) is 19.2 Å². The number of pyridine rings is 2. The number of nitrogen functional groups attached to an aromatic ring is 1. The van der Waals surface area contributed by atoms with Crippen molar-refractivity contribution in [1.82, 2.24) is 39.2 Å². The highest BCUT2D eigenvalue weighted by molar-refractivity contribution is 6.76. The summed E-state index contributed by atoms with van der Waals surface area (Å²) in [5.41, 5.74) is 14.6. The van der Waals surface area contributed by atoms with Crippen LogP contribution in [0.15, 0.2) is 122 Å². The molecule has 0 unspecified atom stereocenters. The van der Waals surface area contributed by atoms with Crippen LogP contribution in [0.5, 0.6) is 0 Å². The number of nitrogens with two attached hydrogens (primary N) is 1. The van der Waals surface area contributed by atoms with E-state index in [4.69, 9.17) is 48.4 Å². The van der Waals surface area contributed by atoms with Crippen LogP contribution in [0.2, 0.25) is 51.4 Å². The lowest BCUT2D eigenvalue weighted by molar-refractivity contribution is 0.0421. The van der Waals surface area contributed by atoms with Gasteiger partial charge in [0.25, 0.3) is 0 Å². The average molecular weight is 1080 g/mol. The van der Waals surface area contributed by atoms with Gasteiger partial charge in [-0.3, -0.25) is 19.7 Å². The van der Waals surface area contributed by atoms with Crippen molar-refractivity contribution in [1.29, 1.82) is 0 Å². The molecule has 18 heteroatoms. The van der Waals surface area contributed by atoms with E-state index in [0.717, 1.165) is 79.7 Å². The first kappa shape index (κ1) is 55.6. The molecule has 2 saturated carbocycles. The van der Waals surface area contributed by atoms with E-state index in [1.807, 2.05) is 95.9 Å². The van der Waals surface area contributed by atoms with Crippen LogP contribution in [-0.2, 0) is 9.47 Å². The lowest BCUT2D eigenvalue weighted by atomic mass is 9.82. The van der Waals surface area contributed by atoms with Crippen LogP contribution in [0.25, 0.3) is 65.8 Å². The highest BCUT2D eigenvalue weighted by atomic mass is 28.3. The lowest BCUT2D eigenvalue weighted by Gasteiger charge is -2.29. The molecule has 2 aromatic carbocycles. The summed E-state index contributed by atoms with van der Waals surface area (Å²) in [6.45, 7) is 31.0. The predicted octanol–water partition coefficient (Wildman–Crippen LogP) is 12.5. The fraction of sp³-hybridized carbons (Fsp3) is 0.400. The van der Waals surface area contributed by atoms with Crippen LogP contribution in [0.3, 0.4) is 0 Å². The number of nitrogens with zero attached hydrogens (tertiary/aromatic N) is 11. The lowest BCUT2D eigenvalue weighted by Crippen LogP contribution is -2.33. The Kier molecular flexibility index (Phi) is 17.0. The molecule has 0 bridgehead atoms. The van der Waals surface area contributed by atoms with Gasteiger partial charge >= 0.3 is 11.4 Å². The van der Waals surface area contributed by atoms with E-state index in [1.54, 1.807) is 10.7 Å². The van der Waals surface area contributed by atoms with Crippen LogP contribution in [0.1, 0.15) is 74.6 Å². The summed E-state index contributed by atoms with van der Waals surface area (Å²) in [5.74, 6) is 1.66. The largest absolute Gasteiger partial charge is 0.384 e. The Hall–Kier alpha value is -7.17. The molecular formula is C60H72N12O4Si2. The number of fused-ring (bicyclic) bond motifs is 2. The smallest absolute Gasteiger partial charge is 0.334 e. The first-order valence-corrected chi connectivity index (χ1v) is 34.5. The van der Waals surface area contributed by atoms with E-state index in [2.05, 4.69) is 88.2 Å². The van der Waals surface area contributed by atoms with Gasteiger partial charge in [0.05, 0.1) is 49.5 Å². The number of hydrogen-bond donors (Lipinski definition) is 3. The first-order valence-electron chi connectivity index (χ1n) is 27.1. The molecule has 6 aromatic heterocycles. The summed E-state index contributed by atoms with van der Waals surface area (Å²) in [5, 5.41) is 30.1. The topological polar surface area (TPSA) is 183 Å². The van der Waals surface area contributed by atoms with Gasteiger partial charge in [0.1, 0.15) is 25.1 Å². The molecule has 2 aliphatic carbocycles. The fourth-order valence-electron chi connectivity index (χ4n) is 9.94. The number of aliphatic hydroxyl groups is 2. The molecule has 0 spiro atoms. The molecular weight excluding hydrogens is 1010 g/mol. The molecule has 0 saturated heterocycles. The Morgan fingerprint density at radius 3 is 1.42 bits per heavy atom. The van der Waals surface area contributed by atoms with Crippen LogP contribution in [0, 0.1) is 13.1 Å². The van der Waals surface area contributed by atoms with Crippen molar-refractivity contribution in [3.63, 3.8) is 0 Å². The molecule has 0 radical (unpaired) electrons. The number of rotatable bonds is 17. The third kappa shape index (κ3) is 13.6. The second-order valence-corrected chi connectivity index (χ2v) is 34.5. The van der Waals surface area contributed by atoms with Crippen LogP contribution in [-0.4, -0.2) is 104 Å². The minimum atomic E-state index is -1.28. The molecule has 404 valence electrons. The Morgan fingerprint density at radius 1 is 0.590 bits per heavy atom. The third-order valence-corrected chi connectivity index (χ3v) is 18.3. The number of aromatic nitrogens is 8. The minimum Gasteiger partial charge on any atom is -0.384 e. The number of benzene rings is 2. The molecule has 78 heavy (non-hydrogen) atoms. The molecule has 16 nitrogen and oxygen atoms in total. The zero-order valence-electron chi connectivity index (χ0n) is 45.8. The zero-order valence-corrected chi connectivity index (χ0v) is 47.8. The van der Waals surface area contributed by atoms with Gasteiger partial charge in [-0.1, -0.05) is 112 Å². The minimum absolute atomic E-state index is 0.115. The van der Waals surface area contributed by atoms with Crippen LogP contribution >= 0.6 is 0 Å². The Morgan fingerprint density at radius 2 is 1.01 bits per heavy atom. The van der Waals surface area contributed by atoms with Crippen molar-refractivity contribution in [3.8, 4) is 44.8 Å². The van der Waals surface area contributed by atoms with Gasteiger partial charge < -0.3 is 30.3 Å².